The third-order valence-electron chi connectivity index (χ3n) is 5.64. The molecule has 8 heteroatoms. The fraction of sp³-hybridized carbons (Fsp3) is 0.522. The van der Waals surface area contributed by atoms with Gasteiger partial charge in [-0.15, -0.1) is 0 Å². The van der Waals surface area contributed by atoms with E-state index in [1.54, 1.807) is 13.1 Å². The van der Waals surface area contributed by atoms with E-state index in [1.807, 2.05) is 45.4 Å². The standard InChI is InChI=1S/C23H32FN5O2/c1-14-8-9-15(16(24)12-14)20-26-18(17-13-28(6)10-7-11-29(17)20)21(30)27-19(22(31)25-5)23(2,3)4/h8-9,12,19H,7,10-11,13H2,1-6H3,(H,25,31)(H,27,30)/t19-/m1/s1. The number of imidazole rings is 1. The smallest absolute Gasteiger partial charge is 0.272 e. The van der Waals surface area contributed by atoms with Crippen LogP contribution in [0.25, 0.3) is 11.4 Å². The number of carbonyl (C=O) groups excluding carboxylic acids is 2. The molecule has 2 aromatic rings. The second-order valence-corrected chi connectivity index (χ2v) is 9.34. The molecular weight excluding hydrogens is 397 g/mol. The third kappa shape index (κ3) is 4.79. The number of hydrogen-bond donors (Lipinski definition) is 2. The molecule has 2 heterocycles. The molecule has 1 atom stereocenters. The van der Waals surface area contributed by atoms with Gasteiger partial charge < -0.3 is 20.1 Å². The molecule has 0 saturated heterocycles. The van der Waals surface area contributed by atoms with E-state index in [1.165, 1.54) is 6.07 Å². The van der Waals surface area contributed by atoms with Crippen molar-refractivity contribution in [2.75, 3.05) is 20.6 Å². The van der Waals surface area contributed by atoms with Gasteiger partial charge >= 0.3 is 0 Å². The quantitative estimate of drug-likeness (QED) is 0.783. The molecule has 2 N–H and O–H groups in total. The van der Waals surface area contributed by atoms with Crippen LogP contribution in [-0.4, -0.2) is 52.9 Å². The molecule has 31 heavy (non-hydrogen) atoms. The van der Waals surface area contributed by atoms with Gasteiger partial charge in [0.25, 0.3) is 5.91 Å². The highest BCUT2D eigenvalue weighted by molar-refractivity contribution is 5.97. The fourth-order valence-electron chi connectivity index (χ4n) is 3.93. The zero-order valence-electron chi connectivity index (χ0n) is 19.2. The van der Waals surface area contributed by atoms with E-state index in [9.17, 15) is 14.0 Å². The summed E-state index contributed by atoms with van der Waals surface area (Å²) in [5, 5.41) is 5.47. The van der Waals surface area contributed by atoms with Gasteiger partial charge in [-0.05, 0) is 50.0 Å². The van der Waals surface area contributed by atoms with Crippen LogP contribution in [0.5, 0.6) is 0 Å². The lowest BCUT2D eigenvalue weighted by Gasteiger charge is -2.29. The first-order valence-corrected chi connectivity index (χ1v) is 10.6. The molecule has 0 fully saturated rings. The summed E-state index contributed by atoms with van der Waals surface area (Å²) >= 11 is 0. The number of fused-ring (bicyclic) bond motifs is 1. The molecule has 0 bridgehead atoms. The third-order valence-corrected chi connectivity index (χ3v) is 5.64. The first-order chi connectivity index (χ1) is 14.5. The molecule has 0 unspecified atom stereocenters. The van der Waals surface area contributed by atoms with Crippen molar-refractivity contribution in [2.24, 2.45) is 5.41 Å². The Kier molecular flexibility index (Phi) is 6.50. The van der Waals surface area contributed by atoms with E-state index < -0.39 is 17.4 Å². The van der Waals surface area contributed by atoms with Crippen LogP contribution in [0.1, 0.15) is 48.9 Å². The van der Waals surface area contributed by atoms with Gasteiger partial charge in [0.2, 0.25) is 5.91 Å². The van der Waals surface area contributed by atoms with Gasteiger partial charge in [-0.1, -0.05) is 26.8 Å². The monoisotopic (exact) mass is 429 g/mol. The summed E-state index contributed by atoms with van der Waals surface area (Å²) in [5.74, 6) is -0.620. The molecule has 7 nitrogen and oxygen atoms in total. The van der Waals surface area contributed by atoms with Crippen LogP contribution in [0.15, 0.2) is 18.2 Å². The van der Waals surface area contributed by atoms with Crippen LogP contribution in [0, 0.1) is 18.2 Å². The number of hydrogen-bond acceptors (Lipinski definition) is 4. The Morgan fingerprint density at radius 2 is 1.94 bits per heavy atom. The summed E-state index contributed by atoms with van der Waals surface area (Å²) in [6.45, 7) is 9.52. The van der Waals surface area contributed by atoms with Crippen molar-refractivity contribution >= 4 is 11.8 Å². The number of rotatable bonds is 4. The minimum absolute atomic E-state index is 0.238. The molecule has 0 spiro atoms. The second-order valence-electron chi connectivity index (χ2n) is 9.34. The number of nitrogens with one attached hydrogen (secondary N) is 2. The van der Waals surface area contributed by atoms with Crippen LogP contribution >= 0.6 is 0 Å². The van der Waals surface area contributed by atoms with Crippen molar-refractivity contribution in [2.45, 2.75) is 53.2 Å². The van der Waals surface area contributed by atoms with Crippen molar-refractivity contribution in [3.05, 3.63) is 41.0 Å². The van der Waals surface area contributed by atoms with Crippen molar-refractivity contribution in [3.8, 4) is 11.4 Å². The number of aryl methyl sites for hydroxylation is 1. The summed E-state index contributed by atoms with van der Waals surface area (Å²) in [7, 11) is 3.53. The molecular formula is C23H32FN5O2. The maximum Gasteiger partial charge on any atom is 0.272 e. The van der Waals surface area contributed by atoms with Gasteiger partial charge in [-0.3, -0.25) is 9.59 Å². The maximum absolute atomic E-state index is 14.8. The topological polar surface area (TPSA) is 79.3 Å². The van der Waals surface area contributed by atoms with Gasteiger partial charge in [0.1, 0.15) is 17.7 Å². The summed E-state index contributed by atoms with van der Waals surface area (Å²) in [6, 6.07) is 4.29. The molecule has 0 saturated carbocycles. The van der Waals surface area contributed by atoms with E-state index in [0.29, 0.717) is 24.5 Å². The van der Waals surface area contributed by atoms with Crippen LogP contribution < -0.4 is 10.6 Å². The Morgan fingerprint density at radius 3 is 2.55 bits per heavy atom. The first kappa shape index (κ1) is 22.9. The van der Waals surface area contributed by atoms with Crippen LogP contribution in [-0.2, 0) is 17.9 Å². The fourth-order valence-corrected chi connectivity index (χ4v) is 3.93. The molecule has 3 rings (SSSR count). The number of benzene rings is 1. The number of amides is 2. The van der Waals surface area contributed by atoms with Crippen molar-refractivity contribution in [3.63, 3.8) is 0 Å². The van der Waals surface area contributed by atoms with Crippen LogP contribution in [0.4, 0.5) is 4.39 Å². The summed E-state index contributed by atoms with van der Waals surface area (Å²) < 4.78 is 16.7. The zero-order chi connectivity index (χ0) is 22.9. The minimum atomic E-state index is -0.731. The Bertz CT molecular complexity index is 993. The van der Waals surface area contributed by atoms with Crippen LogP contribution in [0.3, 0.4) is 0 Å². The Balaban J connectivity index is 2.08. The number of aromatic nitrogens is 2. The van der Waals surface area contributed by atoms with Crippen molar-refractivity contribution < 1.29 is 14.0 Å². The molecule has 0 aliphatic carbocycles. The molecule has 0 radical (unpaired) electrons. The maximum atomic E-state index is 14.8. The lowest BCUT2D eigenvalue weighted by molar-refractivity contribution is -0.124. The molecule has 1 aliphatic rings. The van der Waals surface area contributed by atoms with Gasteiger partial charge in [0.15, 0.2) is 5.69 Å². The highest BCUT2D eigenvalue weighted by Crippen LogP contribution is 2.29. The number of carbonyl (C=O) groups is 2. The highest BCUT2D eigenvalue weighted by atomic mass is 19.1. The SMILES string of the molecule is CNC(=O)[C@@H](NC(=O)c1nc(-c2ccc(C)cc2F)n2c1CN(C)CCC2)C(C)(C)C. The largest absolute Gasteiger partial charge is 0.357 e. The van der Waals surface area contributed by atoms with Gasteiger partial charge in [0, 0.05) is 20.1 Å². The average Bonchev–Trinajstić information content (AvgIpc) is 2.90. The van der Waals surface area contributed by atoms with Gasteiger partial charge in [-0.25, -0.2) is 9.37 Å². The number of halogens is 1. The first-order valence-electron chi connectivity index (χ1n) is 10.6. The van der Waals surface area contributed by atoms with E-state index in [2.05, 4.69) is 20.5 Å². The lowest BCUT2D eigenvalue weighted by atomic mass is 9.86. The molecule has 1 aliphatic heterocycles. The molecule has 2 amide bonds. The van der Waals surface area contributed by atoms with E-state index in [4.69, 9.17) is 0 Å². The average molecular weight is 430 g/mol. The van der Waals surface area contributed by atoms with E-state index in [-0.39, 0.29) is 17.4 Å². The number of nitrogens with zero attached hydrogens (tertiary/aromatic N) is 3. The van der Waals surface area contributed by atoms with Crippen molar-refractivity contribution in [1.29, 1.82) is 0 Å². The lowest BCUT2D eigenvalue weighted by Crippen LogP contribution is -2.53. The van der Waals surface area contributed by atoms with E-state index in [0.717, 1.165) is 24.2 Å². The molecule has 1 aromatic carbocycles. The van der Waals surface area contributed by atoms with Crippen molar-refractivity contribution in [1.82, 2.24) is 25.1 Å². The van der Waals surface area contributed by atoms with Crippen LogP contribution in [0.2, 0.25) is 0 Å². The summed E-state index contributed by atoms with van der Waals surface area (Å²) in [5.41, 5.74) is 1.67. The zero-order valence-corrected chi connectivity index (χ0v) is 19.2. The Morgan fingerprint density at radius 1 is 1.23 bits per heavy atom. The second kappa shape index (κ2) is 8.78. The highest BCUT2D eigenvalue weighted by Gasteiger charge is 2.34. The Labute approximate surface area is 183 Å². The Hall–Kier alpha value is -2.74. The summed E-state index contributed by atoms with van der Waals surface area (Å²) in [4.78, 5) is 32.5. The minimum Gasteiger partial charge on any atom is -0.357 e. The summed E-state index contributed by atoms with van der Waals surface area (Å²) in [6.07, 6.45) is 0.865. The molecule has 1 aromatic heterocycles. The van der Waals surface area contributed by atoms with Gasteiger partial charge in [-0.2, -0.15) is 0 Å². The van der Waals surface area contributed by atoms with Gasteiger partial charge in [0.05, 0.1) is 11.3 Å². The molecule has 168 valence electrons. The predicted octanol–water partition coefficient (Wildman–Crippen LogP) is 2.72. The normalized spacial score (nSPS) is 15.7. The predicted molar refractivity (Wildman–Crippen MR) is 118 cm³/mol. The van der Waals surface area contributed by atoms with E-state index >= 15 is 0 Å². The number of likely N-dealkylation sites (N-methyl/N-ethyl adjacent to an activating group) is 1.